The third kappa shape index (κ3) is 2.26. The maximum Gasteiger partial charge on any atom is 0.165 e. The van der Waals surface area contributed by atoms with E-state index >= 15 is 0 Å². The maximum atomic E-state index is 14.1. The number of hydrogen-bond acceptors (Lipinski definition) is 2. The second kappa shape index (κ2) is 4.57. The molecule has 1 rings (SSSR count). The molecule has 0 aliphatic rings. The molecule has 1 unspecified atom stereocenters. The third-order valence-electron chi connectivity index (χ3n) is 2.55. The Morgan fingerprint density at radius 3 is 2.53 bits per heavy atom. The van der Waals surface area contributed by atoms with Crippen molar-refractivity contribution in [1.29, 1.82) is 0 Å². The van der Waals surface area contributed by atoms with Crippen LogP contribution < -0.4 is 10.5 Å². The number of nitrogens with two attached hydrogens (primary N) is 1. The van der Waals surface area contributed by atoms with Gasteiger partial charge in [0.15, 0.2) is 11.6 Å². The minimum atomic E-state index is -1.66. The normalized spacial score (nSPS) is 14.7. The molecule has 1 aromatic carbocycles. The third-order valence-corrected chi connectivity index (χ3v) is 2.55. The van der Waals surface area contributed by atoms with Crippen molar-refractivity contribution < 1.29 is 13.5 Å². The summed E-state index contributed by atoms with van der Waals surface area (Å²) in [6.45, 7) is 1.52. The summed E-state index contributed by atoms with van der Waals surface area (Å²) in [5, 5.41) is 0. The lowest BCUT2D eigenvalue weighted by atomic mass is 9.93. The Hall–Kier alpha value is -1.16. The van der Waals surface area contributed by atoms with Crippen molar-refractivity contribution >= 4 is 0 Å². The van der Waals surface area contributed by atoms with Gasteiger partial charge in [0, 0.05) is 6.54 Å². The van der Waals surface area contributed by atoms with E-state index in [0.29, 0.717) is 0 Å². The van der Waals surface area contributed by atoms with Crippen LogP contribution in [0.5, 0.6) is 5.75 Å². The summed E-state index contributed by atoms with van der Waals surface area (Å²) in [5.41, 5.74) is 3.94. The van der Waals surface area contributed by atoms with Gasteiger partial charge >= 0.3 is 0 Å². The monoisotopic (exact) mass is 215 g/mol. The molecule has 0 fully saturated rings. The molecule has 0 aliphatic carbocycles. The van der Waals surface area contributed by atoms with Crippen molar-refractivity contribution in [3.05, 3.63) is 29.6 Å². The van der Waals surface area contributed by atoms with Crippen LogP contribution in [0.2, 0.25) is 0 Å². The summed E-state index contributed by atoms with van der Waals surface area (Å²) in [7, 11) is 1.36. The second-order valence-electron chi connectivity index (χ2n) is 3.37. The van der Waals surface area contributed by atoms with Crippen LogP contribution in [0.15, 0.2) is 18.2 Å². The number of halogens is 2. The molecule has 84 valence electrons. The molecule has 0 saturated carbocycles. The highest BCUT2D eigenvalue weighted by Gasteiger charge is 2.28. The topological polar surface area (TPSA) is 35.2 Å². The van der Waals surface area contributed by atoms with Gasteiger partial charge in [-0.25, -0.2) is 8.78 Å². The van der Waals surface area contributed by atoms with Crippen molar-refractivity contribution in [2.75, 3.05) is 13.7 Å². The van der Waals surface area contributed by atoms with Gasteiger partial charge in [-0.3, -0.25) is 0 Å². The molecule has 0 heterocycles. The molecule has 0 bridgehead atoms. The summed E-state index contributed by atoms with van der Waals surface area (Å²) < 4.78 is 32.1. The Kier molecular flexibility index (Phi) is 3.63. The van der Waals surface area contributed by atoms with Gasteiger partial charge in [-0.2, -0.15) is 0 Å². The quantitative estimate of drug-likeness (QED) is 0.836. The zero-order valence-electron chi connectivity index (χ0n) is 8.89. The van der Waals surface area contributed by atoms with Gasteiger partial charge in [0.1, 0.15) is 5.67 Å². The molecule has 0 saturated heterocycles. The van der Waals surface area contributed by atoms with Gasteiger partial charge in [-0.1, -0.05) is 13.0 Å². The van der Waals surface area contributed by atoms with Crippen molar-refractivity contribution in [1.82, 2.24) is 0 Å². The molecule has 0 aliphatic heterocycles. The molecule has 2 nitrogen and oxygen atoms in total. The number of benzene rings is 1. The van der Waals surface area contributed by atoms with E-state index in [1.807, 2.05) is 0 Å². The van der Waals surface area contributed by atoms with Gasteiger partial charge in [-0.05, 0) is 24.1 Å². The van der Waals surface area contributed by atoms with E-state index in [0.717, 1.165) is 6.07 Å². The molecule has 1 atom stereocenters. The van der Waals surface area contributed by atoms with Crippen molar-refractivity contribution in [2.24, 2.45) is 5.73 Å². The first kappa shape index (κ1) is 11.9. The number of hydrogen-bond donors (Lipinski definition) is 1. The van der Waals surface area contributed by atoms with Gasteiger partial charge in [0.2, 0.25) is 0 Å². The average Bonchev–Trinajstić information content (AvgIpc) is 2.28. The second-order valence-corrected chi connectivity index (χ2v) is 3.37. The Morgan fingerprint density at radius 1 is 1.47 bits per heavy atom. The number of ether oxygens (including phenoxy) is 1. The van der Waals surface area contributed by atoms with Crippen LogP contribution in [-0.2, 0) is 5.67 Å². The summed E-state index contributed by atoms with van der Waals surface area (Å²) in [6.07, 6.45) is 0.218. The van der Waals surface area contributed by atoms with E-state index in [9.17, 15) is 8.78 Å². The van der Waals surface area contributed by atoms with Crippen molar-refractivity contribution in [3.8, 4) is 5.75 Å². The first-order valence-corrected chi connectivity index (χ1v) is 4.80. The highest BCUT2D eigenvalue weighted by molar-refractivity contribution is 5.32. The van der Waals surface area contributed by atoms with E-state index in [1.54, 1.807) is 6.92 Å². The molecule has 2 N–H and O–H groups in total. The van der Waals surface area contributed by atoms with Crippen LogP contribution in [0.1, 0.15) is 18.9 Å². The first-order chi connectivity index (χ1) is 7.07. The van der Waals surface area contributed by atoms with E-state index in [4.69, 9.17) is 10.5 Å². The van der Waals surface area contributed by atoms with E-state index in [1.165, 1.54) is 19.2 Å². The predicted octanol–water partition coefficient (Wildman–Crippen LogP) is 2.37. The molecule has 0 amide bonds. The minimum Gasteiger partial charge on any atom is -0.494 e. The average molecular weight is 215 g/mol. The fourth-order valence-corrected chi connectivity index (χ4v) is 1.41. The van der Waals surface area contributed by atoms with Crippen LogP contribution in [-0.4, -0.2) is 13.7 Å². The van der Waals surface area contributed by atoms with E-state index in [2.05, 4.69) is 0 Å². The lowest BCUT2D eigenvalue weighted by Gasteiger charge is -2.22. The first-order valence-electron chi connectivity index (χ1n) is 4.80. The van der Waals surface area contributed by atoms with Gasteiger partial charge in [-0.15, -0.1) is 0 Å². The summed E-state index contributed by atoms with van der Waals surface area (Å²) in [6, 6.07) is 4.04. The molecule has 1 aromatic rings. The molecule has 0 spiro atoms. The Balaban J connectivity index is 3.11. The van der Waals surface area contributed by atoms with Crippen LogP contribution in [0.3, 0.4) is 0 Å². The zero-order chi connectivity index (χ0) is 11.5. The Bertz CT molecular complexity index is 337. The molecular formula is C11H15F2NO. The molecule has 0 aromatic heterocycles. The fourth-order valence-electron chi connectivity index (χ4n) is 1.41. The highest BCUT2D eigenvalue weighted by Crippen LogP contribution is 2.31. The highest BCUT2D eigenvalue weighted by atomic mass is 19.1. The number of alkyl halides is 1. The van der Waals surface area contributed by atoms with Gasteiger partial charge in [0.05, 0.1) is 7.11 Å². The molecular weight excluding hydrogens is 200 g/mol. The minimum absolute atomic E-state index is 0.106. The summed E-state index contributed by atoms with van der Waals surface area (Å²) in [4.78, 5) is 0. The summed E-state index contributed by atoms with van der Waals surface area (Å²) in [5.74, 6) is -0.465. The van der Waals surface area contributed by atoms with Crippen LogP contribution in [0.4, 0.5) is 8.78 Å². The fraction of sp³-hybridized carbons (Fsp3) is 0.455. The SMILES string of the molecule is CCC(F)(CN)c1ccc(OC)c(F)c1. The maximum absolute atomic E-state index is 14.1. The Morgan fingerprint density at radius 2 is 2.13 bits per heavy atom. The van der Waals surface area contributed by atoms with Crippen molar-refractivity contribution in [2.45, 2.75) is 19.0 Å². The van der Waals surface area contributed by atoms with Gasteiger partial charge < -0.3 is 10.5 Å². The molecule has 15 heavy (non-hydrogen) atoms. The van der Waals surface area contributed by atoms with E-state index < -0.39 is 11.5 Å². The lowest BCUT2D eigenvalue weighted by molar-refractivity contribution is 0.168. The largest absolute Gasteiger partial charge is 0.494 e. The summed E-state index contributed by atoms with van der Waals surface area (Å²) >= 11 is 0. The zero-order valence-corrected chi connectivity index (χ0v) is 8.89. The van der Waals surface area contributed by atoms with E-state index in [-0.39, 0.29) is 24.3 Å². The van der Waals surface area contributed by atoms with Crippen molar-refractivity contribution in [3.63, 3.8) is 0 Å². The predicted molar refractivity (Wildman–Crippen MR) is 55.1 cm³/mol. The lowest BCUT2D eigenvalue weighted by Crippen LogP contribution is -2.29. The Labute approximate surface area is 88.0 Å². The number of rotatable bonds is 4. The van der Waals surface area contributed by atoms with Crippen LogP contribution in [0.25, 0.3) is 0 Å². The standard InChI is InChI=1S/C11H15F2NO/c1-3-11(13,7-14)8-4-5-10(15-2)9(12)6-8/h4-6H,3,7,14H2,1-2H3. The van der Waals surface area contributed by atoms with Crippen LogP contribution >= 0.6 is 0 Å². The van der Waals surface area contributed by atoms with Gasteiger partial charge in [0.25, 0.3) is 0 Å². The molecule has 0 radical (unpaired) electrons. The molecule has 4 heteroatoms. The smallest absolute Gasteiger partial charge is 0.165 e. The van der Waals surface area contributed by atoms with Crippen LogP contribution in [0, 0.1) is 5.82 Å². The number of methoxy groups -OCH3 is 1.